The minimum absolute atomic E-state index is 0.169. The number of benzene rings is 1. The lowest BCUT2D eigenvalue weighted by Crippen LogP contribution is -2.12. The van der Waals surface area contributed by atoms with Crippen molar-refractivity contribution in [2.75, 3.05) is 19.5 Å². The van der Waals surface area contributed by atoms with Gasteiger partial charge in [0.25, 0.3) is 0 Å². The summed E-state index contributed by atoms with van der Waals surface area (Å²) in [5, 5.41) is 3.17. The van der Waals surface area contributed by atoms with Gasteiger partial charge in [0.1, 0.15) is 5.75 Å². The molecule has 0 unspecified atom stereocenters. The minimum atomic E-state index is 0.169. The Kier molecular flexibility index (Phi) is 3.28. The van der Waals surface area contributed by atoms with E-state index in [1.165, 1.54) is 11.1 Å². The summed E-state index contributed by atoms with van der Waals surface area (Å²) in [4.78, 5) is 0. The van der Waals surface area contributed by atoms with Crippen LogP contribution in [-0.2, 0) is 5.41 Å². The van der Waals surface area contributed by atoms with Gasteiger partial charge in [-0.2, -0.15) is 0 Å². The summed E-state index contributed by atoms with van der Waals surface area (Å²) >= 11 is 0. The van der Waals surface area contributed by atoms with E-state index in [-0.39, 0.29) is 5.41 Å². The van der Waals surface area contributed by atoms with Gasteiger partial charge in [0.05, 0.1) is 12.8 Å². The average Bonchev–Trinajstić information content (AvgIpc) is 2.15. The highest BCUT2D eigenvalue weighted by Crippen LogP contribution is 2.34. The fourth-order valence-corrected chi connectivity index (χ4v) is 1.66. The second-order valence-corrected chi connectivity index (χ2v) is 4.87. The SMILES string of the molecule is CNc1cc(C(C)(C)C)cc(C)c1OC. The molecule has 0 aliphatic carbocycles. The van der Waals surface area contributed by atoms with Crippen molar-refractivity contribution in [2.24, 2.45) is 0 Å². The third-order valence-electron chi connectivity index (χ3n) is 2.61. The highest BCUT2D eigenvalue weighted by Gasteiger charge is 2.17. The number of rotatable bonds is 2. The van der Waals surface area contributed by atoms with Gasteiger partial charge in [0.2, 0.25) is 0 Å². The van der Waals surface area contributed by atoms with Crippen LogP contribution in [-0.4, -0.2) is 14.2 Å². The first kappa shape index (κ1) is 11.9. The van der Waals surface area contributed by atoms with Crippen molar-refractivity contribution < 1.29 is 4.74 Å². The molecule has 0 aliphatic heterocycles. The summed E-state index contributed by atoms with van der Waals surface area (Å²) in [6, 6.07) is 4.35. The van der Waals surface area contributed by atoms with Crippen molar-refractivity contribution in [3.63, 3.8) is 0 Å². The number of aryl methyl sites for hydroxylation is 1. The van der Waals surface area contributed by atoms with Crippen molar-refractivity contribution in [2.45, 2.75) is 33.1 Å². The van der Waals surface area contributed by atoms with Gasteiger partial charge in [-0.1, -0.05) is 26.8 Å². The van der Waals surface area contributed by atoms with E-state index in [1.807, 2.05) is 7.05 Å². The molecule has 1 rings (SSSR count). The summed E-state index contributed by atoms with van der Waals surface area (Å²) in [6.45, 7) is 8.73. The van der Waals surface area contributed by atoms with Crippen LogP contribution in [0, 0.1) is 6.92 Å². The fourth-order valence-electron chi connectivity index (χ4n) is 1.66. The summed E-state index contributed by atoms with van der Waals surface area (Å²) < 4.78 is 5.37. The molecule has 0 atom stereocenters. The molecule has 0 radical (unpaired) electrons. The van der Waals surface area contributed by atoms with Crippen LogP contribution < -0.4 is 10.1 Å². The van der Waals surface area contributed by atoms with E-state index in [9.17, 15) is 0 Å². The van der Waals surface area contributed by atoms with Crippen molar-refractivity contribution >= 4 is 5.69 Å². The maximum Gasteiger partial charge on any atom is 0.144 e. The first-order chi connectivity index (χ1) is 6.90. The lowest BCUT2D eigenvalue weighted by Gasteiger charge is -2.22. The molecule has 0 heterocycles. The van der Waals surface area contributed by atoms with Gasteiger partial charge in [0.15, 0.2) is 0 Å². The smallest absolute Gasteiger partial charge is 0.144 e. The molecule has 84 valence electrons. The van der Waals surface area contributed by atoms with Crippen LogP contribution in [0.4, 0.5) is 5.69 Å². The first-order valence-corrected chi connectivity index (χ1v) is 5.27. The number of methoxy groups -OCH3 is 1. The molecule has 0 aliphatic rings. The highest BCUT2D eigenvalue weighted by molar-refractivity contribution is 5.62. The molecule has 0 bridgehead atoms. The largest absolute Gasteiger partial charge is 0.494 e. The molecule has 0 saturated heterocycles. The van der Waals surface area contributed by atoms with Crippen molar-refractivity contribution in [3.8, 4) is 5.75 Å². The molecule has 0 saturated carbocycles. The summed E-state index contributed by atoms with van der Waals surface area (Å²) in [7, 11) is 3.63. The van der Waals surface area contributed by atoms with E-state index < -0.39 is 0 Å². The number of hydrogen-bond donors (Lipinski definition) is 1. The van der Waals surface area contributed by atoms with E-state index in [4.69, 9.17) is 4.74 Å². The lowest BCUT2D eigenvalue weighted by atomic mass is 9.85. The maximum absolute atomic E-state index is 5.37. The molecule has 2 nitrogen and oxygen atoms in total. The zero-order valence-corrected chi connectivity index (χ0v) is 10.6. The fraction of sp³-hybridized carbons (Fsp3) is 0.538. The molecule has 0 amide bonds. The Morgan fingerprint density at radius 2 is 1.80 bits per heavy atom. The van der Waals surface area contributed by atoms with Crippen LogP contribution in [0.2, 0.25) is 0 Å². The summed E-state index contributed by atoms with van der Waals surface area (Å²) in [5.74, 6) is 0.936. The van der Waals surface area contributed by atoms with Crippen LogP contribution in [0.1, 0.15) is 31.9 Å². The minimum Gasteiger partial charge on any atom is -0.494 e. The number of hydrogen-bond acceptors (Lipinski definition) is 2. The average molecular weight is 207 g/mol. The lowest BCUT2D eigenvalue weighted by molar-refractivity contribution is 0.413. The van der Waals surface area contributed by atoms with Crippen LogP contribution in [0.15, 0.2) is 12.1 Å². The second kappa shape index (κ2) is 4.13. The van der Waals surface area contributed by atoms with E-state index in [0.29, 0.717) is 0 Å². The van der Waals surface area contributed by atoms with Gasteiger partial charge >= 0.3 is 0 Å². The number of anilines is 1. The van der Waals surface area contributed by atoms with Gasteiger partial charge in [-0.3, -0.25) is 0 Å². The van der Waals surface area contributed by atoms with Crippen molar-refractivity contribution in [1.29, 1.82) is 0 Å². The highest BCUT2D eigenvalue weighted by atomic mass is 16.5. The molecule has 0 aromatic heterocycles. The van der Waals surface area contributed by atoms with Gasteiger partial charge in [0, 0.05) is 7.05 Å². The zero-order chi connectivity index (χ0) is 11.6. The van der Waals surface area contributed by atoms with Gasteiger partial charge in [-0.25, -0.2) is 0 Å². The molecule has 0 fully saturated rings. The topological polar surface area (TPSA) is 21.3 Å². The molecule has 1 aromatic rings. The van der Waals surface area contributed by atoms with Crippen LogP contribution in [0.25, 0.3) is 0 Å². The Morgan fingerprint density at radius 3 is 2.20 bits per heavy atom. The van der Waals surface area contributed by atoms with E-state index in [0.717, 1.165) is 11.4 Å². The third-order valence-corrected chi connectivity index (χ3v) is 2.61. The molecule has 0 spiro atoms. The van der Waals surface area contributed by atoms with Crippen LogP contribution in [0.5, 0.6) is 5.75 Å². The normalized spacial score (nSPS) is 11.3. The van der Waals surface area contributed by atoms with E-state index >= 15 is 0 Å². The van der Waals surface area contributed by atoms with E-state index in [2.05, 4.69) is 45.1 Å². The predicted molar refractivity (Wildman–Crippen MR) is 66.0 cm³/mol. The quantitative estimate of drug-likeness (QED) is 0.803. The van der Waals surface area contributed by atoms with Crippen molar-refractivity contribution in [1.82, 2.24) is 0 Å². The Hall–Kier alpha value is -1.18. The maximum atomic E-state index is 5.37. The second-order valence-electron chi connectivity index (χ2n) is 4.87. The Labute approximate surface area is 92.6 Å². The summed E-state index contributed by atoms with van der Waals surface area (Å²) in [5.41, 5.74) is 3.73. The van der Waals surface area contributed by atoms with Crippen LogP contribution in [0.3, 0.4) is 0 Å². The zero-order valence-electron chi connectivity index (χ0n) is 10.6. The molecule has 1 N–H and O–H groups in total. The molecular formula is C13H21NO. The molecule has 15 heavy (non-hydrogen) atoms. The monoisotopic (exact) mass is 207 g/mol. The Balaban J connectivity index is 3.32. The Morgan fingerprint density at radius 1 is 1.20 bits per heavy atom. The standard InChI is InChI=1S/C13H21NO/c1-9-7-10(13(2,3)4)8-11(14-5)12(9)15-6/h7-8,14H,1-6H3. The van der Waals surface area contributed by atoms with Crippen LogP contribution >= 0.6 is 0 Å². The number of ether oxygens (including phenoxy) is 1. The molecule has 2 heteroatoms. The van der Waals surface area contributed by atoms with Gasteiger partial charge in [-0.05, 0) is 29.5 Å². The predicted octanol–water partition coefficient (Wildman–Crippen LogP) is 3.34. The third kappa shape index (κ3) is 2.44. The van der Waals surface area contributed by atoms with E-state index in [1.54, 1.807) is 7.11 Å². The van der Waals surface area contributed by atoms with Gasteiger partial charge in [-0.15, -0.1) is 0 Å². The molecule has 1 aromatic carbocycles. The van der Waals surface area contributed by atoms with Crippen molar-refractivity contribution in [3.05, 3.63) is 23.3 Å². The first-order valence-electron chi connectivity index (χ1n) is 5.27. The summed E-state index contributed by atoms with van der Waals surface area (Å²) in [6.07, 6.45) is 0. The Bertz CT molecular complexity index is 350. The number of nitrogens with one attached hydrogen (secondary N) is 1. The molecular weight excluding hydrogens is 186 g/mol. The van der Waals surface area contributed by atoms with Gasteiger partial charge < -0.3 is 10.1 Å².